The Morgan fingerprint density at radius 1 is 1.36 bits per heavy atom. The summed E-state index contributed by atoms with van der Waals surface area (Å²) >= 11 is 0. The van der Waals surface area contributed by atoms with Crippen molar-refractivity contribution in [2.45, 2.75) is 6.92 Å². The average molecular weight is 159 g/mol. The fraction of sp³-hybridized carbons (Fsp3) is 0.750. The van der Waals surface area contributed by atoms with Crippen LogP contribution in [-0.4, -0.2) is 33.0 Å². The first-order valence-corrected chi connectivity index (χ1v) is 3.83. The van der Waals surface area contributed by atoms with Crippen LogP contribution in [0.15, 0.2) is 12.2 Å². The lowest BCUT2D eigenvalue weighted by molar-refractivity contribution is 0.0619. The lowest BCUT2D eigenvalue weighted by Crippen LogP contribution is -2.11. The normalized spacial score (nSPS) is 10.0. The summed E-state index contributed by atoms with van der Waals surface area (Å²) in [5, 5.41) is 0. The van der Waals surface area contributed by atoms with Gasteiger partial charge in [-0.25, -0.2) is 0 Å². The van der Waals surface area contributed by atoms with Crippen molar-refractivity contribution in [3.05, 3.63) is 12.2 Å². The summed E-state index contributed by atoms with van der Waals surface area (Å²) in [5.74, 6) is 0. The Hall–Kier alpha value is -0.380. The summed E-state index contributed by atoms with van der Waals surface area (Å²) in [7, 11) is 0. The minimum Gasteiger partial charge on any atom is -0.379 e. The van der Waals surface area contributed by atoms with Gasteiger partial charge in [0.1, 0.15) is 0 Å². The predicted molar refractivity (Wildman–Crippen MR) is 45.5 cm³/mol. The van der Waals surface area contributed by atoms with Gasteiger partial charge in [0.15, 0.2) is 0 Å². The summed E-state index contributed by atoms with van der Waals surface area (Å²) in [4.78, 5) is 0. The molecular formula is C8H17NO2. The predicted octanol–water partition coefficient (Wildman–Crippen LogP) is 0.554. The molecule has 0 spiro atoms. The fourth-order valence-electron chi connectivity index (χ4n) is 0.538. The number of rotatable bonds is 7. The summed E-state index contributed by atoms with van der Waals surface area (Å²) in [6.45, 7) is 8.70. The quantitative estimate of drug-likeness (QED) is 0.436. The van der Waals surface area contributed by atoms with Crippen LogP contribution < -0.4 is 5.73 Å². The van der Waals surface area contributed by atoms with Gasteiger partial charge < -0.3 is 15.2 Å². The van der Waals surface area contributed by atoms with Gasteiger partial charge in [0, 0.05) is 13.2 Å². The van der Waals surface area contributed by atoms with Crippen molar-refractivity contribution in [2.24, 2.45) is 5.73 Å². The van der Waals surface area contributed by atoms with Crippen LogP contribution in [0, 0.1) is 0 Å². The summed E-state index contributed by atoms with van der Waals surface area (Å²) in [5.41, 5.74) is 6.22. The zero-order chi connectivity index (χ0) is 8.53. The monoisotopic (exact) mass is 159 g/mol. The molecule has 0 fully saturated rings. The maximum Gasteiger partial charge on any atom is 0.0704 e. The third-order valence-corrected chi connectivity index (χ3v) is 1.17. The molecule has 0 saturated heterocycles. The van der Waals surface area contributed by atoms with E-state index in [2.05, 4.69) is 6.58 Å². The first-order valence-electron chi connectivity index (χ1n) is 3.83. The molecule has 0 atom stereocenters. The molecular weight excluding hydrogens is 142 g/mol. The van der Waals surface area contributed by atoms with Gasteiger partial charge in [0.05, 0.1) is 19.8 Å². The third kappa shape index (κ3) is 7.52. The highest BCUT2D eigenvalue weighted by Crippen LogP contribution is 1.87. The Bertz CT molecular complexity index is 104. The van der Waals surface area contributed by atoms with Crippen LogP contribution in [0.3, 0.4) is 0 Å². The van der Waals surface area contributed by atoms with Crippen molar-refractivity contribution in [2.75, 3.05) is 33.0 Å². The van der Waals surface area contributed by atoms with Crippen LogP contribution >= 0.6 is 0 Å². The van der Waals surface area contributed by atoms with E-state index in [1.165, 1.54) is 0 Å². The van der Waals surface area contributed by atoms with Crippen LogP contribution in [0.1, 0.15) is 6.92 Å². The van der Waals surface area contributed by atoms with Crippen molar-refractivity contribution in [1.29, 1.82) is 0 Å². The molecule has 3 heteroatoms. The molecule has 3 nitrogen and oxygen atoms in total. The van der Waals surface area contributed by atoms with Crippen molar-refractivity contribution < 1.29 is 9.47 Å². The van der Waals surface area contributed by atoms with E-state index in [0.29, 0.717) is 26.4 Å². The molecule has 0 unspecified atom stereocenters. The molecule has 0 heterocycles. The van der Waals surface area contributed by atoms with Gasteiger partial charge in [-0.2, -0.15) is 0 Å². The number of nitrogens with two attached hydrogens (primary N) is 1. The summed E-state index contributed by atoms with van der Waals surface area (Å²) in [6.07, 6.45) is 0. The van der Waals surface area contributed by atoms with Crippen LogP contribution in [0.2, 0.25) is 0 Å². The van der Waals surface area contributed by atoms with E-state index in [9.17, 15) is 0 Å². The lowest BCUT2D eigenvalue weighted by atomic mass is 10.3. The Kier molecular flexibility index (Phi) is 7.46. The highest BCUT2D eigenvalue weighted by Gasteiger charge is 1.90. The van der Waals surface area contributed by atoms with Gasteiger partial charge in [-0.15, -0.1) is 0 Å². The molecule has 0 aliphatic heterocycles. The van der Waals surface area contributed by atoms with Gasteiger partial charge in [0.2, 0.25) is 0 Å². The second kappa shape index (κ2) is 7.72. The van der Waals surface area contributed by atoms with Crippen LogP contribution in [0.5, 0.6) is 0 Å². The van der Waals surface area contributed by atoms with E-state index in [-0.39, 0.29) is 0 Å². The van der Waals surface area contributed by atoms with Gasteiger partial charge in [0.25, 0.3) is 0 Å². The minimum atomic E-state index is 0.495. The molecule has 2 N–H and O–H groups in total. The van der Waals surface area contributed by atoms with Crippen molar-refractivity contribution in [3.63, 3.8) is 0 Å². The maximum absolute atomic E-state index is 5.30. The van der Waals surface area contributed by atoms with E-state index in [4.69, 9.17) is 15.2 Å². The third-order valence-electron chi connectivity index (χ3n) is 1.17. The molecule has 0 aliphatic rings. The molecule has 0 bridgehead atoms. The largest absolute Gasteiger partial charge is 0.379 e. The first-order chi connectivity index (χ1) is 5.31. The van der Waals surface area contributed by atoms with E-state index in [1.807, 2.05) is 6.92 Å². The van der Waals surface area contributed by atoms with Gasteiger partial charge in [-0.05, 0) is 12.5 Å². The summed E-state index contributed by atoms with van der Waals surface area (Å²) in [6, 6.07) is 0. The standard InChI is InChI=1S/C8H17NO2/c1-3-10-4-5-11-7-8(2)6-9/h2-7,9H2,1H3. The molecule has 0 aromatic rings. The molecule has 0 saturated carbocycles. The van der Waals surface area contributed by atoms with Gasteiger partial charge >= 0.3 is 0 Å². The van der Waals surface area contributed by atoms with Crippen molar-refractivity contribution in [3.8, 4) is 0 Å². The number of ether oxygens (including phenoxy) is 2. The Labute approximate surface area is 68.2 Å². The van der Waals surface area contributed by atoms with Gasteiger partial charge in [-0.1, -0.05) is 6.58 Å². The van der Waals surface area contributed by atoms with E-state index < -0.39 is 0 Å². The van der Waals surface area contributed by atoms with Gasteiger partial charge in [-0.3, -0.25) is 0 Å². The Morgan fingerprint density at radius 3 is 2.55 bits per heavy atom. The number of hydrogen-bond donors (Lipinski definition) is 1. The zero-order valence-electron chi connectivity index (χ0n) is 7.14. The van der Waals surface area contributed by atoms with Crippen LogP contribution in [0.25, 0.3) is 0 Å². The van der Waals surface area contributed by atoms with Crippen LogP contribution in [0.4, 0.5) is 0 Å². The SMILES string of the molecule is C=C(CN)COCCOCC. The fourth-order valence-corrected chi connectivity index (χ4v) is 0.538. The Morgan fingerprint density at radius 2 is 2.00 bits per heavy atom. The molecule has 66 valence electrons. The second-order valence-corrected chi connectivity index (χ2v) is 2.20. The summed E-state index contributed by atoms with van der Waals surface area (Å²) < 4.78 is 10.2. The average Bonchev–Trinajstić information content (AvgIpc) is 2.04. The van der Waals surface area contributed by atoms with Crippen molar-refractivity contribution in [1.82, 2.24) is 0 Å². The van der Waals surface area contributed by atoms with Crippen LogP contribution in [-0.2, 0) is 9.47 Å². The molecule has 11 heavy (non-hydrogen) atoms. The molecule has 0 radical (unpaired) electrons. The van der Waals surface area contributed by atoms with E-state index >= 15 is 0 Å². The second-order valence-electron chi connectivity index (χ2n) is 2.20. The smallest absolute Gasteiger partial charge is 0.0704 e. The first kappa shape index (κ1) is 10.6. The molecule has 0 amide bonds. The zero-order valence-corrected chi connectivity index (χ0v) is 7.14. The molecule has 0 aromatic heterocycles. The highest BCUT2D eigenvalue weighted by molar-refractivity contribution is 4.95. The van der Waals surface area contributed by atoms with E-state index in [0.717, 1.165) is 12.2 Å². The van der Waals surface area contributed by atoms with E-state index in [1.54, 1.807) is 0 Å². The highest BCUT2D eigenvalue weighted by atomic mass is 16.5. The Balaban J connectivity index is 2.95. The molecule has 0 rings (SSSR count). The molecule has 0 aromatic carbocycles. The molecule has 0 aliphatic carbocycles. The lowest BCUT2D eigenvalue weighted by Gasteiger charge is -2.04. The maximum atomic E-state index is 5.30. The number of hydrogen-bond acceptors (Lipinski definition) is 3. The topological polar surface area (TPSA) is 44.5 Å². The van der Waals surface area contributed by atoms with Crippen molar-refractivity contribution >= 4 is 0 Å². The minimum absolute atomic E-state index is 0.495.